The molecule has 0 unspecified atom stereocenters. The van der Waals surface area contributed by atoms with Crippen molar-refractivity contribution in [1.29, 1.82) is 5.26 Å². The third-order valence-electron chi connectivity index (χ3n) is 3.85. The summed E-state index contributed by atoms with van der Waals surface area (Å²) in [7, 11) is 0. The lowest BCUT2D eigenvalue weighted by Gasteiger charge is -2.30. The van der Waals surface area contributed by atoms with E-state index in [1.807, 2.05) is 28.5 Å². The van der Waals surface area contributed by atoms with Crippen LogP contribution in [0.2, 0.25) is 0 Å². The van der Waals surface area contributed by atoms with Crippen molar-refractivity contribution >= 4 is 35.3 Å². The van der Waals surface area contributed by atoms with Crippen LogP contribution in [0, 0.1) is 17.2 Å². The molecule has 23 heavy (non-hydrogen) atoms. The fraction of sp³-hybridized carbons (Fsp3) is 0.312. The molecule has 3 rings (SSSR count). The number of primary amides is 1. The van der Waals surface area contributed by atoms with E-state index in [0.29, 0.717) is 37.7 Å². The number of aromatic nitrogens is 1. The molecule has 0 bridgehead atoms. The van der Waals surface area contributed by atoms with E-state index >= 15 is 0 Å². The third-order valence-corrected chi connectivity index (χ3v) is 4.69. The molecule has 2 aromatic heterocycles. The van der Waals surface area contributed by atoms with E-state index in [4.69, 9.17) is 10.2 Å². The number of nitriles is 1. The van der Waals surface area contributed by atoms with Gasteiger partial charge < -0.3 is 15.1 Å². The van der Waals surface area contributed by atoms with E-state index in [9.17, 15) is 10.1 Å². The van der Waals surface area contributed by atoms with Crippen molar-refractivity contribution in [1.82, 2.24) is 4.98 Å². The van der Waals surface area contributed by atoms with E-state index in [0.717, 1.165) is 4.88 Å². The van der Waals surface area contributed by atoms with E-state index in [-0.39, 0.29) is 17.5 Å². The largest absolute Gasteiger partial charge is 0.420 e. The summed E-state index contributed by atoms with van der Waals surface area (Å²) >= 11 is 1.61. The Labute approximate surface area is 137 Å². The smallest absolute Gasteiger partial charge is 0.235 e. The molecule has 2 aromatic rings. The van der Waals surface area contributed by atoms with Gasteiger partial charge in [-0.25, -0.2) is 0 Å². The molecule has 3 heterocycles. The minimum absolute atomic E-state index is 0.0992. The Balaban J connectivity index is 1.75. The highest BCUT2D eigenvalue weighted by Gasteiger charge is 2.27. The molecule has 0 saturated carbocycles. The maximum atomic E-state index is 11.2. The number of hydrogen-bond donors (Lipinski definition) is 1. The lowest BCUT2D eigenvalue weighted by Crippen LogP contribution is -2.38. The van der Waals surface area contributed by atoms with Gasteiger partial charge in [-0.2, -0.15) is 10.2 Å². The van der Waals surface area contributed by atoms with Crippen LogP contribution in [-0.4, -0.2) is 24.0 Å². The van der Waals surface area contributed by atoms with Crippen LogP contribution < -0.4 is 10.6 Å². The molecule has 0 atom stereocenters. The van der Waals surface area contributed by atoms with Crippen LogP contribution in [0.1, 0.15) is 29.3 Å². The summed E-state index contributed by atoms with van der Waals surface area (Å²) in [6, 6.07) is 6.03. The molecule has 1 aliphatic rings. The third kappa shape index (κ3) is 3.43. The Morgan fingerprint density at radius 1 is 1.48 bits per heavy atom. The van der Waals surface area contributed by atoms with Crippen LogP contribution in [0.5, 0.6) is 0 Å². The van der Waals surface area contributed by atoms with Crippen LogP contribution in [0.3, 0.4) is 0 Å². The number of piperidine rings is 1. The lowest BCUT2D eigenvalue weighted by atomic mass is 9.96. The van der Waals surface area contributed by atoms with Crippen molar-refractivity contribution in [3.63, 3.8) is 0 Å². The predicted octanol–water partition coefficient (Wildman–Crippen LogP) is 2.48. The minimum atomic E-state index is -0.262. The van der Waals surface area contributed by atoms with Gasteiger partial charge in [-0.3, -0.25) is 4.79 Å². The first-order valence-corrected chi connectivity index (χ1v) is 8.22. The average Bonchev–Trinajstić information content (AvgIpc) is 3.22. The molecule has 1 fully saturated rings. The van der Waals surface area contributed by atoms with E-state index in [2.05, 4.69) is 11.1 Å². The number of anilines is 1. The Kier molecular flexibility index (Phi) is 4.44. The molecule has 1 amide bonds. The van der Waals surface area contributed by atoms with Crippen molar-refractivity contribution in [2.45, 2.75) is 12.8 Å². The molecular formula is C16H16N4O2S. The number of nitrogens with two attached hydrogens (primary N) is 1. The molecule has 0 spiro atoms. The average molecular weight is 328 g/mol. The summed E-state index contributed by atoms with van der Waals surface area (Å²) in [5.74, 6) is 0.517. The van der Waals surface area contributed by atoms with Crippen LogP contribution in [0.25, 0.3) is 12.2 Å². The highest BCUT2D eigenvalue weighted by atomic mass is 32.1. The molecule has 0 aliphatic carbocycles. The highest BCUT2D eigenvalue weighted by Crippen LogP contribution is 2.28. The second-order valence-electron chi connectivity index (χ2n) is 5.33. The highest BCUT2D eigenvalue weighted by molar-refractivity contribution is 7.10. The molecule has 0 aromatic carbocycles. The van der Waals surface area contributed by atoms with Crippen LogP contribution in [0.4, 0.5) is 5.88 Å². The van der Waals surface area contributed by atoms with Crippen molar-refractivity contribution < 1.29 is 9.21 Å². The first kappa shape index (κ1) is 15.3. The number of rotatable bonds is 4. The van der Waals surface area contributed by atoms with E-state index in [1.165, 1.54) is 0 Å². The number of carbonyl (C=O) groups excluding carboxylic acids is 1. The Hall–Kier alpha value is -2.59. The fourth-order valence-electron chi connectivity index (χ4n) is 2.59. The zero-order valence-electron chi connectivity index (χ0n) is 12.4. The number of oxazole rings is 1. The summed E-state index contributed by atoms with van der Waals surface area (Å²) in [6.45, 7) is 1.26. The number of amides is 1. The van der Waals surface area contributed by atoms with Crippen molar-refractivity contribution in [2.75, 3.05) is 18.0 Å². The summed E-state index contributed by atoms with van der Waals surface area (Å²) in [4.78, 5) is 18.5. The summed E-state index contributed by atoms with van der Waals surface area (Å²) in [6.07, 6.45) is 5.00. The quantitative estimate of drug-likeness (QED) is 0.930. The maximum Gasteiger partial charge on any atom is 0.235 e. The Morgan fingerprint density at radius 2 is 2.26 bits per heavy atom. The minimum Gasteiger partial charge on any atom is -0.420 e. The molecule has 6 nitrogen and oxygen atoms in total. The van der Waals surface area contributed by atoms with Gasteiger partial charge in [0.15, 0.2) is 0 Å². The molecule has 7 heteroatoms. The summed E-state index contributed by atoms with van der Waals surface area (Å²) in [5, 5.41) is 11.2. The zero-order valence-corrected chi connectivity index (χ0v) is 13.3. The number of hydrogen-bond acceptors (Lipinski definition) is 6. The molecule has 2 N–H and O–H groups in total. The predicted molar refractivity (Wildman–Crippen MR) is 88.6 cm³/mol. The maximum absolute atomic E-state index is 11.2. The summed E-state index contributed by atoms with van der Waals surface area (Å²) < 4.78 is 5.73. The SMILES string of the molecule is N#Cc1nc(C=Cc2cccs2)oc1N1CCC(C(N)=O)CC1. The van der Waals surface area contributed by atoms with Gasteiger partial charge in [0.1, 0.15) is 6.07 Å². The number of thiophene rings is 1. The van der Waals surface area contributed by atoms with E-state index in [1.54, 1.807) is 17.4 Å². The van der Waals surface area contributed by atoms with Gasteiger partial charge in [0.05, 0.1) is 0 Å². The van der Waals surface area contributed by atoms with Gasteiger partial charge in [0.2, 0.25) is 23.4 Å². The van der Waals surface area contributed by atoms with Crippen LogP contribution >= 0.6 is 11.3 Å². The normalized spacial score (nSPS) is 15.9. The second kappa shape index (κ2) is 6.67. The zero-order chi connectivity index (χ0) is 16.2. The van der Waals surface area contributed by atoms with Gasteiger partial charge in [-0.05, 0) is 30.4 Å². The molecule has 0 radical (unpaired) electrons. The fourth-order valence-corrected chi connectivity index (χ4v) is 3.21. The van der Waals surface area contributed by atoms with Gasteiger partial charge in [0, 0.05) is 30.0 Å². The van der Waals surface area contributed by atoms with Crippen molar-refractivity contribution in [3.05, 3.63) is 34.0 Å². The van der Waals surface area contributed by atoms with Gasteiger partial charge in [-0.15, -0.1) is 11.3 Å². The first-order chi connectivity index (χ1) is 11.2. The second-order valence-corrected chi connectivity index (χ2v) is 6.31. The van der Waals surface area contributed by atoms with Crippen molar-refractivity contribution in [2.24, 2.45) is 11.7 Å². The summed E-state index contributed by atoms with van der Waals surface area (Å²) in [5.41, 5.74) is 5.62. The molecule has 1 aliphatic heterocycles. The van der Waals surface area contributed by atoms with Gasteiger partial charge in [-0.1, -0.05) is 6.07 Å². The molecular weight excluding hydrogens is 312 g/mol. The first-order valence-electron chi connectivity index (χ1n) is 7.34. The molecule has 118 valence electrons. The monoisotopic (exact) mass is 328 g/mol. The van der Waals surface area contributed by atoms with Crippen LogP contribution in [0.15, 0.2) is 21.9 Å². The van der Waals surface area contributed by atoms with Gasteiger partial charge >= 0.3 is 0 Å². The van der Waals surface area contributed by atoms with E-state index < -0.39 is 0 Å². The van der Waals surface area contributed by atoms with Crippen molar-refractivity contribution in [3.8, 4) is 6.07 Å². The van der Waals surface area contributed by atoms with Crippen LogP contribution in [-0.2, 0) is 4.79 Å². The Morgan fingerprint density at radius 3 is 2.87 bits per heavy atom. The standard InChI is InChI=1S/C16H16N4O2S/c17-10-13-16(20-7-5-11(6-8-20)15(18)21)22-14(19-13)4-3-12-2-1-9-23-12/h1-4,9,11H,5-8H2,(H2,18,21). The number of carbonyl (C=O) groups is 1. The molecule has 1 saturated heterocycles. The topological polar surface area (TPSA) is 96.2 Å². The number of nitrogens with zero attached hydrogens (tertiary/aromatic N) is 3. The lowest BCUT2D eigenvalue weighted by molar-refractivity contribution is -0.122. The Bertz CT molecular complexity index is 750. The van der Waals surface area contributed by atoms with Gasteiger partial charge in [0.25, 0.3) is 0 Å².